The zero-order valence-electron chi connectivity index (χ0n) is 5.37. The molecule has 0 saturated heterocycles. The Labute approximate surface area is 58.3 Å². The van der Waals surface area contributed by atoms with Gasteiger partial charge in [0, 0.05) is 18.4 Å². The lowest BCUT2D eigenvalue weighted by Crippen LogP contribution is -2.02. The molecule has 0 heterocycles. The van der Waals surface area contributed by atoms with Gasteiger partial charge in [-0.1, -0.05) is 6.08 Å². The van der Waals surface area contributed by atoms with Crippen LogP contribution in [0.25, 0.3) is 0 Å². The summed E-state index contributed by atoms with van der Waals surface area (Å²) in [4.78, 5) is 10.3. The van der Waals surface area contributed by atoms with Crippen molar-refractivity contribution in [2.24, 2.45) is 0 Å². The average molecular weight is 140 g/mol. The fourth-order valence-electron chi connectivity index (χ4n) is 0.797. The lowest BCUT2D eigenvalue weighted by Gasteiger charge is -2.04. The summed E-state index contributed by atoms with van der Waals surface area (Å²) in [5, 5.41) is 17.3. The van der Waals surface area contributed by atoms with Gasteiger partial charge in [0.25, 0.3) is 0 Å². The van der Waals surface area contributed by atoms with Gasteiger partial charge in [0.05, 0.1) is 5.76 Å². The van der Waals surface area contributed by atoms with E-state index in [2.05, 4.69) is 0 Å². The molecule has 0 aromatic carbocycles. The van der Waals surface area contributed by atoms with E-state index in [1.807, 2.05) is 0 Å². The number of aliphatic hydroxyl groups excluding tert-OH is 1. The number of carbonyl (C=O) groups is 1. The molecule has 0 aromatic rings. The quantitative estimate of drug-likeness (QED) is 0.576. The summed E-state index contributed by atoms with van der Waals surface area (Å²) >= 11 is 0. The Balaban J connectivity index is 2.62. The first-order valence-corrected chi connectivity index (χ1v) is 3.00. The summed E-state index contributed by atoms with van der Waals surface area (Å²) in [6.07, 6.45) is 3.73. The molecule has 0 radical (unpaired) electrons. The first kappa shape index (κ1) is 6.86. The van der Waals surface area contributed by atoms with Gasteiger partial charge in [-0.15, -0.1) is 0 Å². The summed E-state index contributed by atoms with van der Waals surface area (Å²) < 4.78 is 0. The Morgan fingerprint density at radius 2 is 2.10 bits per heavy atom. The molecule has 0 bridgehead atoms. The van der Waals surface area contributed by atoms with E-state index >= 15 is 0 Å². The fourth-order valence-corrected chi connectivity index (χ4v) is 0.797. The van der Waals surface area contributed by atoms with Gasteiger partial charge in [-0.3, -0.25) is 0 Å². The van der Waals surface area contributed by atoms with Crippen LogP contribution in [-0.2, 0) is 4.79 Å². The van der Waals surface area contributed by atoms with Crippen molar-refractivity contribution in [2.75, 3.05) is 0 Å². The van der Waals surface area contributed by atoms with E-state index in [4.69, 9.17) is 10.2 Å². The Morgan fingerprint density at radius 3 is 2.50 bits per heavy atom. The van der Waals surface area contributed by atoms with Crippen LogP contribution in [0.1, 0.15) is 12.8 Å². The lowest BCUT2D eigenvalue weighted by molar-refractivity contribution is -0.132. The van der Waals surface area contributed by atoms with Crippen LogP contribution < -0.4 is 0 Å². The number of aliphatic hydroxyl groups is 1. The van der Waals surface area contributed by atoms with Crippen LogP contribution in [0.5, 0.6) is 0 Å². The third-order valence-electron chi connectivity index (χ3n) is 1.39. The first-order valence-electron chi connectivity index (χ1n) is 3.00. The second-order valence-corrected chi connectivity index (χ2v) is 2.14. The summed E-state index contributed by atoms with van der Waals surface area (Å²) in [6.45, 7) is 0. The van der Waals surface area contributed by atoms with E-state index < -0.39 is 5.97 Å². The number of rotatable bonds is 1. The number of carboxylic acids is 1. The SMILES string of the molecule is O=C(O)C1=CCC(O)=CC1. The third-order valence-corrected chi connectivity index (χ3v) is 1.39. The van der Waals surface area contributed by atoms with Crippen molar-refractivity contribution < 1.29 is 15.0 Å². The van der Waals surface area contributed by atoms with Crippen LogP contribution in [0.2, 0.25) is 0 Å². The molecule has 10 heavy (non-hydrogen) atoms. The van der Waals surface area contributed by atoms with E-state index in [0.717, 1.165) is 0 Å². The number of hydrogen-bond acceptors (Lipinski definition) is 2. The Kier molecular flexibility index (Phi) is 1.76. The molecule has 1 aliphatic carbocycles. The number of hydrogen-bond donors (Lipinski definition) is 2. The predicted molar refractivity (Wildman–Crippen MR) is 35.7 cm³/mol. The van der Waals surface area contributed by atoms with Gasteiger partial charge >= 0.3 is 5.97 Å². The van der Waals surface area contributed by atoms with E-state index in [1.165, 1.54) is 12.2 Å². The van der Waals surface area contributed by atoms with Gasteiger partial charge in [0.1, 0.15) is 0 Å². The number of carboxylic acid groups (broad SMARTS) is 1. The average Bonchev–Trinajstić information content (AvgIpc) is 1.88. The van der Waals surface area contributed by atoms with Crippen LogP contribution in [-0.4, -0.2) is 16.2 Å². The fraction of sp³-hybridized carbons (Fsp3) is 0.286. The highest BCUT2D eigenvalue weighted by Crippen LogP contribution is 2.14. The normalized spacial score (nSPS) is 17.6. The second kappa shape index (κ2) is 2.56. The number of aliphatic carboxylic acids is 1. The van der Waals surface area contributed by atoms with Crippen molar-refractivity contribution in [3.05, 3.63) is 23.5 Å². The molecule has 0 aliphatic heterocycles. The van der Waals surface area contributed by atoms with Crippen molar-refractivity contribution in [1.82, 2.24) is 0 Å². The Hall–Kier alpha value is -1.25. The maximum absolute atomic E-state index is 10.3. The molecular formula is C7H8O3. The molecule has 0 aromatic heterocycles. The molecule has 1 aliphatic rings. The van der Waals surface area contributed by atoms with Gasteiger partial charge in [0.2, 0.25) is 0 Å². The molecule has 0 unspecified atom stereocenters. The third kappa shape index (κ3) is 1.37. The summed E-state index contributed by atoms with van der Waals surface area (Å²) in [7, 11) is 0. The highest BCUT2D eigenvalue weighted by atomic mass is 16.4. The molecule has 0 fully saturated rings. The Morgan fingerprint density at radius 1 is 1.40 bits per heavy atom. The zero-order valence-corrected chi connectivity index (χ0v) is 5.37. The highest BCUT2D eigenvalue weighted by molar-refractivity contribution is 5.87. The number of allylic oxidation sites excluding steroid dienone is 2. The Bertz CT molecular complexity index is 213. The van der Waals surface area contributed by atoms with Crippen molar-refractivity contribution in [3.63, 3.8) is 0 Å². The largest absolute Gasteiger partial charge is 0.512 e. The van der Waals surface area contributed by atoms with Crippen LogP contribution in [0.15, 0.2) is 23.5 Å². The second-order valence-electron chi connectivity index (χ2n) is 2.14. The van der Waals surface area contributed by atoms with Gasteiger partial charge < -0.3 is 10.2 Å². The van der Waals surface area contributed by atoms with Crippen molar-refractivity contribution in [2.45, 2.75) is 12.8 Å². The standard InChI is InChI=1S/C7H8O3/c8-6-3-1-5(2-4-6)7(9)10/h1,4,8H,2-3H2,(H,9,10). The summed E-state index contributed by atoms with van der Waals surface area (Å²) in [6, 6.07) is 0. The summed E-state index contributed by atoms with van der Waals surface area (Å²) in [5.41, 5.74) is 0.359. The maximum Gasteiger partial charge on any atom is 0.331 e. The van der Waals surface area contributed by atoms with E-state index in [9.17, 15) is 4.79 Å². The molecule has 1 rings (SSSR count). The van der Waals surface area contributed by atoms with Gasteiger partial charge in [-0.2, -0.15) is 0 Å². The molecule has 0 amide bonds. The molecule has 3 nitrogen and oxygen atoms in total. The van der Waals surface area contributed by atoms with Crippen LogP contribution in [0, 0.1) is 0 Å². The monoisotopic (exact) mass is 140 g/mol. The van der Waals surface area contributed by atoms with Gasteiger partial charge in [0.15, 0.2) is 0 Å². The first-order chi connectivity index (χ1) is 4.70. The maximum atomic E-state index is 10.3. The minimum Gasteiger partial charge on any atom is -0.512 e. The van der Waals surface area contributed by atoms with Gasteiger partial charge in [-0.25, -0.2) is 4.79 Å². The topological polar surface area (TPSA) is 57.5 Å². The van der Waals surface area contributed by atoms with Crippen LogP contribution in [0.4, 0.5) is 0 Å². The molecule has 0 saturated carbocycles. The highest BCUT2D eigenvalue weighted by Gasteiger charge is 2.09. The van der Waals surface area contributed by atoms with Gasteiger partial charge in [-0.05, 0) is 6.08 Å². The lowest BCUT2D eigenvalue weighted by atomic mass is 10.1. The van der Waals surface area contributed by atoms with E-state index in [0.29, 0.717) is 18.4 Å². The van der Waals surface area contributed by atoms with Crippen molar-refractivity contribution >= 4 is 5.97 Å². The van der Waals surface area contributed by atoms with E-state index in [1.54, 1.807) is 0 Å². The molecule has 2 N–H and O–H groups in total. The smallest absolute Gasteiger partial charge is 0.331 e. The van der Waals surface area contributed by atoms with Crippen LogP contribution >= 0.6 is 0 Å². The molecule has 0 atom stereocenters. The molecular weight excluding hydrogens is 132 g/mol. The molecule has 54 valence electrons. The summed E-state index contributed by atoms with van der Waals surface area (Å²) in [5.74, 6) is -0.645. The molecule has 3 heteroatoms. The minimum absolute atomic E-state index is 0.255. The molecule has 0 spiro atoms. The van der Waals surface area contributed by atoms with Crippen LogP contribution in [0.3, 0.4) is 0 Å². The zero-order chi connectivity index (χ0) is 7.56. The van der Waals surface area contributed by atoms with Crippen molar-refractivity contribution in [3.8, 4) is 0 Å². The van der Waals surface area contributed by atoms with E-state index in [-0.39, 0.29) is 5.76 Å². The van der Waals surface area contributed by atoms with Crippen molar-refractivity contribution in [1.29, 1.82) is 0 Å². The predicted octanol–water partition coefficient (Wildman–Crippen LogP) is 1.23. The minimum atomic E-state index is -0.899.